The summed E-state index contributed by atoms with van der Waals surface area (Å²) in [6, 6.07) is 10.4. The molecule has 5 heteroatoms. The summed E-state index contributed by atoms with van der Waals surface area (Å²) in [4.78, 5) is 20.0. The molecule has 5 nitrogen and oxygen atoms in total. The van der Waals surface area contributed by atoms with Crippen molar-refractivity contribution < 1.29 is 9.52 Å². The summed E-state index contributed by atoms with van der Waals surface area (Å²) >= 11 is 0. The zero-order valence-corrected chi connectivity index (χ0v) is 12.3. The van der Waals surface area contributed by atoms with E-state index in [0.717, 1.165) is 21.9 Å². The van der Waals surface area contributed by atoms with Gasteiger partial charge in [0.1, 0.15) is 11.3 Å². The van der Waals surface area contributed by atoms with E-state index in [0.29, 0.717) is 16.8 Å². The number of phenols is 1. The Labute approximate surface area is 130 Å². The predicted molar refractivity (Wildman–Crippen MR) is 87.4 cm³/mol. The van der Waals surface area contributed by atoms with Gasteiger partial charge in [0.05, 0.1) is 0 Å². The zero-order chi connectivity index (χ0) is 16.0. The number of hydrogen-bond donors (Lipinski definition) is 1. The van der Waals surface area contributed by atoms with Crippen LogP contribution in [-0.2, 0) is 0 Å². The molecule has 23 heavy (non-hydrogen) atoms. The fraction of sp³-hybridized carbons (Fsp3) is 0.0556. The molecule has 3 aromatic heterocycles. The molecular weight excluding hydrogens is 292 g/mol. The summed E-state index contributed by atoms with van der Waals surface area (Å²) in [6.07, 6.45) is 3.36. The Hall–Kier alpha value is -3.21. The Kier molecular flexibility index (Phi) is 2.87. The average Bonchev–Trinajstić information content (AvgIpc) is 2.53. The lowest BCUT2D eigenvalue weighted by molar-refractivity contribution is 0.475. The summed E-state index contributed by atoms with van der Waals surface area (Å²) in [7, 11) is 0. The monoisotopic (exact) mass is 304 g/mol. The van der Waals surface area contributed by atoms with Crippen LogP contribution in [0.25, 0.3) is 33.1 Å². The number of benzene rings is 1. The van der Waals surface area contributed by atoms with Crippen LogP contribution in [-0.4, -0.2) is 15.1 Å². The molecule has 0 bridgehead atoms. The third kappa shape index (κ3) is 2.23. The zero-order valence-electron chi connectivity index (χ0n) is 12.3. The van der Waals surface area contributed by atoms with Gasteiger partial charge in [-0.1, -0.05) is 0 Å². The number of aromatic nitrogens is 2. The standard InChI is InChI=1S/C18H12N2O3/c1-10-5-17(22)23-16-8-15(21)14(7-13(10)16)12-6-11-3-2-4-19-18(11)20-9-12/h2-9,21H,1H3. The van der Waals surface area contributed by atoms with Gasteiger partial charge in [0.25, 0.3) is 0 Å². The fourth-order valence-corrected chi connectivity index (χ4v) is 2.70. The topological polar surface area (TPSA) is 76.2 Å². The van der Waals surface area contributed by atoms with Crippen LogP contribution in [0.15, 0.2) is 58.0 Å². The quantitative estimate of drug-likeness (QED) is 0.545. The molecule has 112 valence electrons. The number of hydrogen-bond acceptors (Lipinski definition) is 5. The van der Waals surface area contributed by atoms with Crippen molar-refractivity contribution in [3.63, 3.8) is 0 Å². The number of aryl methyl sites for hydroxylation is 1. The minimum atomic E-state index is -0.430. The smallest absolute Gasteiger partial charge is 0.336 e. The molecule has 0 atom stereocenters. The molecule has 0 fully saturated rings. The Bertz CT molecular complexity index is 1120. The first kappa shape index (κ1) is 13.5. The maximum absolute atomic E-state index is 11.5. The summed E-state index contributed by atoms with van der Waals surface area (Å²) in [5.41, 5.74) is 2.79. The van der Waals surface area contributed by atoms with Gasteiger partial charge in [0.2, 0.25) is 0 Å². The van der Waals surface area contributed by atoms with Gasteiger partial charge in [-0.2, -0.15) is 0 Å². The lowest BCUT2D eigenvalue weighted by atomic mass is 10.0. The number of fused-ring (bicyclic) bond motifs is 2. The normalized spacial score (nSPS) is 11.2. The van der Waals surface area contributed by atoms with E-state index >= 15 is 0 Å². The summed E-state index contributed by atoms with van der Waals surface area (Å²) < 4.78 is 5.14. The van der Waals surface area contributed by atoms with Gasteiger partial charge in [-0.15, -0.1) is 0 Å². The Morgan fingerprint density at radius 3 is 2.87 bits per heavy atom. The third-order valence-corrected chi connectivity index (χ3v) is 3.83. The average molecular weight is 304 g/mol. The summed E-state index contributed by atoms with van der Waals surface area (Å²) in [6.45, 7) is 1.84. The Morgan fingerprint density at radius 2 is 2.00 bits per heavy atom. The van der Waals surface area contributed by atoms with E-state index in [-0.39, 0.29) is 5.75 Å². The fourth-order valence-electron chi connectivity index (χ4n) is 2.70. The minimum absolute atomic E-state index is 0.0382. The van der Waals surface area contributed by atoms with E-state index in [4.69, 9.17) is 4.42 Å². The van der Waals surface area contributed by atoms with Crippen molar-refractivity contribution in [2.24, 2.45) is 0 Å². The first-order valence-corrected chi connectivity index (χ1v) is 7.10. The maximum Gasteiger partial charge on any atom is 0.336 e. The molecule has 0 aliphatic heterocycles. The summed E-state index contributed by atoms with van der Waals surface area (Å²) in [5.74, 6) is 0.0382. The van der Waals surface area contributed by atoms with Gasteiger partial charge in [-0.05, 0) is 36.8 Å². The maximum atomic E-state index is 11.5. The van der Waals surface area contributed by atoms with E-state index in [1.165, 1.54) is 12.1 Å². The molecule has 0 aliphatic rings. The second-order valence-corrected chi connectivity index (χ2v) is 5.39. The number of pyridine rings is 2. The van der Waals surface area contributed by atoms with E-state index < -0.39 is 5.63 Å². The van der Waals surface area contributed by atoms with Gasteiger partial charge in [-0.25, -0.2) is 14.8 Å². The molecule has 0 saturated heterocycles. The molecule has 0 aliphatic carbocycles. The van der Waals surface area contributed by atoms with Crippen molar-refractivity contribution in [1.82, 2.24) is 9.97 Å². The van der Waals surface area contributed by atoms with Crippen LogP contribution in [0.1, 0.15) is 5.56 Å². The highest BCUT2D eigenvalue weighted by molar-refractivity contribution is 5.90. The predicted octanol–water partition coefficient (Wildman–Crippen LogP) is 3.42. The minimum Gasteiger partial charge on any atom is -0.507 e. The first-order chi connectivity index (χ1) is 11.1. The Balaban J connectivity index is 1.99. The number of rotatable bonds is 1. The molecule has 4 aromatic rings. The highest BCUT2D eigenvalue weighted by Gasteiger charge is 2.11. The number of aromatic hydroxyl groups is 1. The van der Waals surface area contributed by atoms with Gasteiger partial charge in [0.15, 0.2) is 5.65 Å². The summed E-state index contributed by atoms with van der Waals surface area (Å²) in [5, 5.41) is 12.0. The van der Waals surface area contributed by atoms with E-state index in [2.05, 4.69) is 9.97 Å². The van der Waals surface area contributed by atoms with Gasteiger partial charge >= 0.3 is 5.63 Å². The van der Waals surface area contributed by atoms with Crippen LogP contribution in [0.5, 0.6) is 5.75 Å². The lowest BCUT2D eigenvalue weighted by Crippen LogP contribution is -1.98. The molecule has 0 unspecified atom stereocenters. The lowest BCUT2D eigenvalue weighted by Gasteiger charge is -2.08. The van der Waals surface area contributed by atoms with E-state index in [9.17, 15) is 9.90 Å². The number of phenolic OH excluding ortho intramolecular Hbond substituents is 1. The second-order valence-electron chi connectivity index (χ2n) is 5.39. The molecule has 0 amide bonds. The molecule has 1 N–H and O–H groups in total. The van der Waals surface area contributed by atoms with Gasteiger partial charge < -0.3 is 9.52 Å². The second kappa shape index (κ2) is 4.91. The molecule has 3 heterocycles. The number of nitrogens with zero attached hydrogens (tertiary/aromatic N) is 2. The van der Waals surface area contributed by atoms with E-state index in [1.54, 1.807) is 12.4 Å². The van der Waals surface area contributed by atoms with Crippen LogP contribution >= 0.6 is 0 Å². The van der Waals surface area contributed by atoms with Gasteiger partial charge in [0, 0.05) is 46.4 Å². The third-order valence-electron chi connectivity index (χ3n) is 3.83. The molecule has 0 radical (unpaired) electrons. The molecular formula is C18H12N2O3. The highest BCUT2D eigenvalue weighted by Crippen LogP contribution is 2.34. The van der Waals surface area contributed by atoms with E-state index in [1.807, 2.05) is 31.2 Å². The van der Waals surface area contributed by atoms with Crippen LogP contribution in [0.3, 0.4) is 0 Å². The van der Waals surface area contributed by atoms with Crippen molar-refractivity contribution in [3.8, 4) is 16.9 Å². The van der Waals surface area contributed by atoms with Crippen molar-refractivity contribution in [2.45, 2.75) is 6.92 Å². The van der Waals surface area contributed by atoms with Crippen LogP contribution in [0.2, 0.25) is 0 Å². The van der Waals surface area contributed by atoms with Crippen molar-refractivity contribution in [2.75, 3.05) is 0 Å². The molecule has 1 aromatic carbocycles. The molecule has 0 saturated carbocycles. The van der Waals surface area contributed by atoms with Crippen molar-refractivity contribution in [1.29, 1.82) is 0 Å². The first-order valence-electron chi connectivity index (χ1n) is 7.10. The molecule has 0 spiro atoms. The SMILES string of the molecule is Cc1cc(=O)oc2cc(O)c(-c3cnc4ncccc4c3)cc12. The molecule has 4 rings (SSSR count). The largest absolute Gasteiger partial charge is 0.507 e. The van der Waals surface area contributed by atoms with Crippen LogP contribution in [0, 0.1) is 6.92 Å². The van der Waals surface area contributed by atoms with Crippen molar-refractivity contribution in [3.05, 3.63) is 64.8 Å². The Morgan fingerprint density at radius 1 is 1.13 bits per heavy atom. The highest BCUT2D eigenvalue weighted by atomic mass is 16.4. The van der Waals surface area contributed by atoms with Gasteiger partial charge in [-0.3, -0.25) is 0 Å². The van der Waals surface area contributed by atoms with Crippen molar-refractivity contribution >= 4 is 22.0 Å². The van der Waals surface area contributed by atoms with Crippen LogP contribution < -0.4 is 5.63 Å². The van der Waals surface area contributed by atoms with Crippen LogP contribution in [0.4, 0.5) is 0 Å².